The summed E-state index contributed by atoms with van der Waals surface area (Å²) in [5.41, 5.74) is 1.02. The molecule has 0 atom stereocenters. The number of hydrogen-bond acceptors (Lipinski definition) is 5. The Bertz CT molecular complexity index is 905. The molecule has 3 rings (SSSR count). The van der Waals surface area contributed by atoms with Crippen LogP contribution in [0.25, 0.3) is 0 Å². The average molecular weight is 419 g/mol. The Morgan fingerprint density at radius 3 is 2.24 bits per heavy atom. The Morgan fingerprint density at radius 2 is 1.62 bits per heavy atom. The topological polar surface area (TPSA) is 84.9 Å². The maximum Gasteiger partial charge on any atom is 0.255 e. The summed E-state index contributed by atoms with van der Waals surface area (Å²) in [5, 5.41) is 2.78. The number of hydrogen-bond donors (Lipinski definition) is 1. The molecule has 1 saturated heterocycles. The normalized spacial score (nSPS) is 15.1. The summed E-state index contributed by atoms with van der Waals surface area (Å²) >= 11 is 0. The monoisotopic (exact) mass is 418 g/mol. The molecule has 0 aliphatic carbocycles. The first kappa shape index (κ1) is 21.3. The molecule has 1 aliphatic heterocycles. The van der Waals surface area contributed by atoms with Gasteiger partial charge in [0.05, 0.1) is 11.5 Å². The Labute approximate surface area is 171 Å². The Hall–Kier alpha value is -2.42. The van der Waals surface area contributed by atoms with E-state index in [2.05, 4.69) is 5.32 Å². The molecule has 8 heteroatoms. The Kier molecular flexibility index (Phi) is 7.24. The second kappa shape index (κ2) is 9.87. The lowest BCUT2D eigenvalue weighted by Gasteiger charge is -2.25. The largest absolute Gasteiger partial charge is 0.491 e. The van der Waals surface area contributed by atoms with Crippen molar-refractivity contribution in [1.82, 2.24) is 4.31 Å². The first-order valence-corrected chi connectivity index (χ1v) is 11.1. The number of nitrogens with one attached hydrogen (secondary N) is 1. The zero-order chi connectivity index (χ0) is 20.7. The number of methoxy groups -OCH3 is 1. The van der Waals surface area contributed by atoms with Crippen molar-refractivity contribution < 1.29 is 22.7 Å². The summed E-state index contributed by atoms with van der Waals surface area (Å²) in [5.74, 6) is 0.381. The number of ether oxygens (including phenoxy) is 2. The lowest BCUT2D eigenvalue weighted by atomic mass is 10.2. The van der Waals surface area contributed by atoms with E-state index in [4.69, 9.17) is 9.47 Å². The van der Waals surface area contributed by atoms with Gasteiger partial charge in [-0.1, -0.05) is 6.42 Å². The molecule has 0 unspecified atom stereocenters. The number of sulfonamides is 1. The van der Waals surface area contributed by atoms with Gasteiger partial charge in [-0.05, 0) is 61.4 Å². The predicted octanol–water partition coefficient (Wildman–Crippen LogP) is 3.14. The molecule has 0 aromatic heterocycles. The number of rotatable bonds is 8. The molecule has 0 radical (unpaired) electrons. The molecule has 1 aliphatic rings. The predicted molar refractivity (Wildman–Crippen MR) is 111 cm³/mol. The summed E-state index contributed by atoms with van der Waals surface area (Å²) in [6.45, 7) is 2.05. The van der Waals surface area contributed by atoms with Crippen molar-refractivity contribution in [2.75, 3.05) is 38.7 Å². The summed E-state index contributed by atoms with van der Waals surface area (Å²) in [6, 6.07) is 13.1. The van der Waals surface area contributed by atoms with E-state index in [1.54, 1.807) is 43.5 Å². The minimum atomic E-state index is -3.48. The van der Waals surface area contributed by atoms with Gasteiger partial charge in [0, 0.05) is 31.5 Å². The molecule has 156 valence electrons. The molecule has 1 heterocycles. The van der Waals surface area contributed by atoms with Crippen LogP contribution >= 0.6 is 0 Å². The van der Waals surface area contributed by atoms with Crippen molar-refractivity contribution in [2.24, 2.45) is 0 Å². The third-order valence-corrected chi connectivity index (χ3v) is 6.65. The second-order valence-corrected chi connectivity index (χ2v) is 8.75. The summed E-state index contributed by atoms with van der Waals surface area (Å²) < 4.78 is 37.3. The summed E-state index contributed by atoms with van der Waals surface area (Å²) in [6.07, 6.45) is 2.85. The van der Waals surface area contributed by atoms with Gasteiger partial charge in [-0.3, -0.25) is 4.79 Å². The lowest BCUT2D eigenvalue weighted by molar-refractivity contribution is 0.102. The van der Waals surface area contributed by atoms with Gasteiger partial charge in [0.2, 0.25) is 10.0 Å². The van der Waals surface area contributed by atoms with Crippen molar-refractivity contribution in [3.8, 4) is 5.75 Å². The minimum Gasteiger partial charge on any atom is -0.491 e. The molecule has 29 heavy (non-hydrogen) atoms. The Morgan fingerprint density at radius 1 is 0.966 bits per heavy atom. The third-order valence-electron chi connectivity index (χ3n) is 4.74. The standard InChI is InChI=1S/C21H26N2O5S/c1-27-15-16-28-19-9-5-17(6-10-19)21(24)22-18-7-11-20(12-8-18)29(25,26)23-13-3-2-4-14-23/h5-12H,2-4,13-16H2,1H3,(H,22,24). The van der Waals surface area contributed by atoms with E-state index in [-0.39, 0.29) is 10.8 Å². The van der Waals surface area contributed by atoms with Crippen LogP contribution in [0.1, 0.15) is 29.6 Å². The fourth-order valence-corrected chi connectivity index (χ4v) is 4.63. The van der Waals surface area contributed by atoms with Gasteiger partial charge in [0.1, 0.15) is 12.4 Å². The van der Waals surface area contributed by atoms with E-state index >= 15 is 0 Å². The van der Waals surface area contributed by atoms with Crippen LogP contribution in [-0.2, 0) is 14.8 Å². The van der Waals surface area contributed by atoms with Crippen LogP contribution in [0.3, 0.4) is 0 Å². The van der Waals surface area contributed by atoms with Gasteiger partial charge in [-0.25, -0.2) is 8.42 Å². The smallest absolute Gasteiger partial charge is 0.255 e. The number of piperidine rings is 1. The second-order valence-electron chi connectivity index (χ2n) is 6.81. The fourth-order valence-electron chi connectivity index (χ4n) is 3.11. The number of carbonyl (C=O) groups excluding carboxylic acids is 1. The lowest BCUT2D eigenvalue weighted by Crippen LogP contribution is -2.35. The summed E-state index contributed by atoms with van der Waals surface area (Å²) in [7, 11) is -1.87. The fraction of sp³-hybridized carbons (Fsp3) is 0.381. The molecular weight excluding hydrogens is 392 g/mol. The zero-order valence-electron chi connectivity index (χ0n) is 16.5. The molecule has 0 saturated carbocycles. The van der Waals surface area contributed by atoms with Crippen LogP contribution in [0.2, 0.25) is 0 Å². The number of benzene rings is 2. The third kappa shape index (κ3) is 5.56. The molecular formula is C21H26N2O5S. The van der Waals surface area contributed by atoms with E-state index in [0.717, 1.165) is 19.3 Å². The number of amides is 1. The van der Waals surface area contributed by atoms with Crippen molar-refractivity contribution >= 4 is 21.6 Å². The van der Waals surface area contributed by atoms with Crippen LogP contribution in [-0.4, -0.2) is 52.0 Å². The number of nitrogens with zero attached hydrogens (tertiary/aromatic N) is 1. The molecule has 1 N–H and O–H groups in total. The van der Waals surface area contributed by atoms with Crippen LogP contribution in [0.4, 0.5) is 5.69 Å². The highest BCUT2D eigenvalue weighted by molar-refractivity contribution is 7.89. The van der Waals surface area contributed by atoms with E-state index in [9.17, 15) is 13.2 Å². The Balaban J connectivity index is 1.61. The number of anilines is 1. The van der Waals surface area contributed by atoms with Crippen molar-refractivity contribution in [2.45, 2.75) is 24.2 Å². The van der Waals surface area contributed by atoms with E-state index < -0.39 is 10.0 Å². The van der Waals surface area contributed by atoms with E-state index in [1.807, 2.05) is 0 Å². The first-order chi connectivity index (χ1) is 14.0. The van der Waals surface area contributed by atoms with Gasteiger partial charge in [-0.2, -0.15) is 4.31 Å². The molecule has 0 bridgehead atoms. The quantitative estimate of drug-likeness (QED) is 0.666. The molecule has 1 amide bonds. The molecule has 0 spiro atoms. The van der Waals surface area contributed by atoms with Crippen molar-refractivity contribution in [3.05, 3.63) is 54.1 Å². The first-order valence-electron chi connectivity index (χ1n) is 9.64. The summed E-state index contributed by atoms with van der Waals surface area (Å²) in [4.78, 5) is 12.7. The highest BCUT2D eigenvalue weighted by Crippen LogP contribution is 2.22. The van der Waals surface area contributed by atoms with Gasteiger partial charge in [-0.15, -0.1) is 0 Å². The molecule has 1 fully saturated rings. The maximum atomic E-state index is 12.7. The zero-order valence-corrected chi connectivity index (χ0v) is 17.3. The highest BCUT2D eigenvalue weighted by Gasteiger charge is 2.25. The molecule has 7 nitrogen and oxygen atoms in total. The van der Waals surface area contributed by atoms with Crippen LogP contribution in [0.5, 0.6) is 5.75 Å². The van der Waals surface area contributed by atoms with Crippen molar-refractivity contribution in [1.29, 1.82) is 0 Å². The molecule has 2 aromatic rings. The van der Waals surface area contributed by atoms with E-state index in [1.165, 1.54) is 16.4 Å². The van der Waals surface area contributed by atoms with Gasteiger partial charge < -0.3 is 14.8 Å². The van der Waals surface area contributed by atoms with Crippen LogP contribution in [0.15, 0.2) is 53.4 Å². The highest BCUT2D eigenvalue weighted by atomic mass is 32.2. The van der Waals surface area contributed by atoms with Gasteiger partial charge in [0.15, 0.2) is 0 Å². The number of carbonyl (C=O) groups is 1. The van der Waals surface area contributed by atoms with Gasteiger partial charge >= 0.3 is 0 Å². The molecule has 2 aromatic carbocycles. The average Bonchev–Trinajstić information content (AvgIpc) is 2.75. The van der Waals surface area contributed by atoms with Crippen molar-refractivity contribution in [3.63, 3.8) is 0 Å². The van der Waals surface area contributed by atoms with Gasteiger partial charge in [0.25, 0.3) is 5.91 Å². The minimum absolute atomic E-state index is 0.245. The van der Waals surface area contributed by atoms with E-state index in [0.29, 0.717) is 43.3 Å². The maximum absolute atomic E-state index is 12.7. The SMILES string of the molecule is COCCOc1ccc(C(=O)Nc2ccc(S(=O)(=O)N3CCCCC3)cc2)cc1. The van der Waals surface area contributed by atoms with Crippen LogP contribution < -0.4 is 10.1 Å². The van der Waals surface area contributed by atoms with Crippen LogP contribution in [0, 0.1) is 0 Å².